The number of sulfone groups is 1. The molecular formula is C5H11F2NO2S. The Morgan fingerprint density at radius 3 is 2.18 bits per heavy atom. The number of hydrogen-bond donors (Lipinski definition) is 1. The van der Waals surface area contributed by atoms with Gasteiger partial charge in [0.05, 0.1) is 12.3 Å². The third-order valence-electron chi connectivity index (χ3n) is 1.14. The molecule has 0 unspecified atom stereocenters. The van der Waals surface area contributed by atoms with Crippen molar-refractivity contribution in [2.45, 2.75) is 12.3 Å². The summed E-state index contributed by atoms with van der Waals surface area (Å²) in [6, 6.07) is 0. The van der Waals surface area contributed by atoms with Gasteiger partial charge < -0.3 is 5.73 Å². The van der Waals surface area contributed by atoms with Crippen LogP contribution in [0.15, 0.2) is 0 Å². The highest BCUT2D eigenvalue weighted by molar-refractivity contribution is 7.90. The first-order chi connectivity index (χ1) is 4.77. The average Bonchev–Trinajstić information content (AvgIpc) is 1.83. The number of rotatable bonds is 4. The van der Waals surface area contributed by atoms with Gasteiger partial charge in [-0.15, -0.1) is 0 Å². The monoisotopic (exact) mass is 187 g/mol. The molecule has 0 aliphatic rings. The minimum Gasteiger partial charge on any atom is -0.325 e. The van der Waals surface area contributed by atoms with Crippen molar-refractivity contribution in [1.29, 1.82) is 0 Å². The van der Waals surface area contributed by atoms with Crippen LogP contribution in [0.4, 0.5) is 8.78 Å². The number of halogens is 2. The molecule has 0 aliphatic carbocycles. The van der Waals surface area contributed by atoms with E-state index in [9.17, 15) is 17.2 Å². The van der Waals surface area contributed by atoms with Crippen LogP contribution in [0.3, 0.4) is 0 Å². The molecule has 0 radical (unpaired) electrons. The van der Waals surface area contributed by atoms with Gasteiger partial charge in [-0.2, -0.15) is 0 Å². The van der Waals surface area contributed by atoms with Crippen LogP contribution in [0.25, 0.3) is 0 Å². The topological polar surface area (TPSA) is 60.2 Å². The second-order valence-corrected chi connectivity index (χ2v) is 4.70. The van der Waals surface area contributed by atoms with Crippen LogP contribution < -0.4 is 5.73 Å². The molecule has 0 rings (SSSR count). The Bertz CT molecular complexity index is 213. The summed E-state index contributed by atoms with van der Waals surface area (Å²) in [6.07, 6.45) is 0.224. The normalized spacial score (nSPS) is 13.5. The van der Waals surface area contributed by atoms with Crippen molar-refractivity contribution < 1.29 is 17.2 Å². The van der Waals surface area contributed by atoms with Gasteiger partial charge in [-0.1, -0.05) is 0 Å². The fourth-order valence-corrected chi connectivity index (χ4v) is 1.11. The van der Waals surface area contributed by atoms with Crippen LogP contribution in [0.1, 0.15) is 6.42 Å². The standard InChI is InChI=1S/C5H11F2NO2S/c1-11(9,10)3-2-5(6,7)4-8/h2-4,8H2,1H3. The van der Waals surface area contributed by atoms with E-state index in [1.54, 1.807) is 0 Å². The average molecular weight is 187 g/mol. The second-order valence-electron chi connectivity index (χ2n) is 2.44. The first-order valence-electron chi connectivity index (χ1n) is 3.02. The lowest BCUT2D eigenvalue weighted by Gasteiger charge is -2.11. The van der Waals surface area contributed by atoms with Crippen LogP contribution >= 0.6 is 0 Å². The number of alkyl halides is 2. The molecular weight excluding hydrogens is 176 g/mol. The number of hydrogen-bond acceptors (Lipinski definition) is 3. The van der Waals surface area contributed by atoms with Gasteiger partial charge in [0.15, 0.2) is 0 Å². The minimum absolute atomic E-state index is 0.517. The molecule has 0 heterocycles. The first kappa shape index (κ1) is 10.8. The molecule has 0 spiro atoms. The second kappa shape index (κ2) is 3.44. The maximum atomic E-state index is 12.3. The fourth-order valence-electron chi connectivity index (χ4n) is 0.437. The summed E-state index contributed by atoms with van der Waals surface area (Å²) in [5, 5.41) is 0. The van der Waals surface area contributed by atoms with E-state index in [4.69, 9.17) is 5.73 Å². The third-order valence-corrected chi connectivity index (χ3v) is 2.08. The quantitative estimate of drug-likeness (QED) is 0.674. The van der Waals surface area contributed by atoms with E-state index in [-0.39, 0.29) is 0 Å². The Hall–Kier alpha value is -0.230. The maximum absolute atomic E-state index is 12.3. The Kier molecular flexibility index (Phi) is 3.37. The Morgan fingerprint density at radius 1 is 1.45 bits per heavy atom. The van der Waals surface area contributed by atoms with Gasteiger partial charge in [-0.25, -0.2) is 17.2 Å². The van der Waals surface area contributed by atoms with Crippen LogP contribution in [0, 0.1) is 0 Å². The zero-order valence-corrected chi connectivity index (χ0v) is 7.00. The highest BCUT2D eigenvalue weighted by Gasteiger charge is 2.27. The van der Waals surface area contributed by atoms with E-state index in [1.807, 2.05) is 0 Å². The van der Waals surface area contributed by atoms with E-state index in [2.05, 4.69) is 0 Å². The molecule has 0 amide bonds. The van der Waals surface area contributed by atoms with Gasteiger partial charge in [0.2, 0.25) is 0 Å². The zero-order chi connectivity index (χ0) is 9.12. The largest absolute Gasteiger partial charge is 0.325 e. The van der Waals surface area contributed by atoms with E-state index in [1.165, 1.54) is 0 Å². The summed E-state index contributed by atoms with van der Waals surface area (Å²) in [7, 11) is -3.30. The van der Waals surface area contributed by atoms with E-state index in [0.717, 1.165) is 6.26 Å². The molecule has 0 atom stereocenters. The lowest BCUT2D eigenvalue weighted by molar-refractivity contribution is 0.00793. The smallest absolute Gasteiger partial charge is 0.261 e. The third kappa shape index (κ3) is 6.18. The van der Waals surface area contributed by atoms with E-state index in [0.29, 0.717) is 0 Å². The highest BCUT2D eigenvalue weighted by Crippen LogP contribution is 2.16. The van der Waals surface area contributed by atoms with Gasteiger partial charge in [-0.05, 0) is 0 Å². The first-order valence-corrected chi connectivity index (χ1v) is 5.08. The lowest BCUT2D eigenvalue weighted by atomic mass is 10.3. The molecule has 0 aromatic carbocycles. The summed E-state index contributed by atoms with van der Waals surface area (Å²) in [4.78, 5) is 0. The van der Waals surface area contributed by atoms with Gasteiger partial charge in [0, 0.05) is 12.7 Å². The van der Waals surface area contributed by atoms with Crippen molar-refractivity contribution in [3.63, 3.8) is 0 Å². The highest BCUT2D eigenvalue weighted by atomic mass is 32.2. The molecule has 0 fully saturated rings. The molecule has 2 N–H and O–H groups in total. The fraction of sp³-hybridized carbons (Fsp3) is 1.00. The summed E-state index contributed by atoms with van der Waals surface area (Å²) in [6.45, 7) is -0.803. The van der Waals surface area contributed by atoms with E-state index < -0.39 is 34.5 Å². The van der Waals surface area contributed by atoms with Gasteiger partial charge in [-0.3, -0.25) is 0 Å². The molecule has 6 heteroatoms. The van der Waals surface area contributed by atoms with Gasteiger partial charge in [0.1, 0.15) is 9.84 Å². The lowest BCUT2D eigenvalue weighted by Crippen LogP contribution is -2.30. The summed E-state index contributed by atoms with van der Waals surface area (Å²) in [5.74, 6) is -3.57. The minimum atomic E-state index is -3.30. The molecule has 3 nitrogen and oxygen atoms in total. The van der Waals surface area contributed by atoms with Crippen LogP contribution in [-0.4, -0.2) is 32.9 Å². The van der Waals surface area contributed by atoms with Crippen molar-refractivity contribution in [2.24, 2.45) is 5.73 Å². The van der Waals surface area contributed by atoms with Crippen LogP contribution in [0.2, 0.25) is 0 Å². The van der Waals surface area contributed by atoms with Gasteiger partial charge >= 0.3 is 0 Å². The van der Waals surface area contributed by atoms with Crippen molar-refractivity contribution in [3.05, 3.63) is 0 Å². The van der Waals surface area contributed by atoms with Crippen LogP contribution in [0.5, 0.6) is 0 Å². The van der Waals surface area contributed by atoms with E-state index >= 15 is 0 Å². The van der Waals surface area contributed by atoms with Gasteiger partial charge in [0.25, 0.3) is 5.92 Å². The molecule has 0 aliphatic heterocycles. The van der Waals surface area contributed by atoms with Crippen molar-refractivity contribution in [2.75, 3.05) is 18.6 Å². The summed E-state index contributed by atoms with van der Waals surface area (Å²) >= 11 is 0. The summed E-state index contributed by atoms with van der Waals surface area (Å²) < 4.78 is 45.4. The maximum Gasteiger partial charge on any atom is 0.261 e. The van der Waals surface area contributed by atoms with Crippen molar-refractivity contribution in [1.82, 2.24) is 0 Å². The molecule has 68 valence electrons. The predicted molar refractivity (Wildman–Crippen MR) is 38.3 cm³/mol. The molecule has 0 bridgehead atoms. The molecule has 11 heavy (non-hydrogen) atoms. The predicted octanol–water partition coefficient (Wildman–Crippen LogP) is 0.0151. The molecule has 0 aromatic heterocycles. The number of nitrogens with two attached hydrogens (primary N) is 1. The zero-order valence-electron chi connectivity index (χ0n) is 6.18. The Balaban J connectivity index is 3.90. The Morgan fingerprint density at radius 2 is 1.91 bits per heavy atom. The van der Waals surface area contributed by atoms with Crippen molar-refractivity contribution >= 4 is 9.84 Å². The van der Waals surface area contributed by atoms with Crippen LogP contribution in [-0.2, 0) is 9.84 Å². The molecule has 0 saturated heterocycles. The molecule has 0 aromatic rings. The van der Waals surface area contributed by atoms with Crippen molar-refractivity contribution in [3.8, 4) is 0 Å². The summed E-state index contributed by atoms with van der Waals surface area (Å²) in [5.41, 5.74) is 4.69. The SMILES string of the molecule is CS(=O)(=O)CCC(F)(F)CN. The Labute approximate surface area is 64.5 Å². The molecule has 0 saturated carbocycles.